The number of nitrogens with zero attached hydrogens (tertiary/aromatic N) is 4. The Morgan fingerprint density at radius 3 is 1.19 bits per heavy atom. The Kier molecular flexibility index (Phi) is 11.2. The molecule has 0 aliphatic heterocycles. The quantitative estimate of drug-likeness (QED) is 0.136. The zero-order chi connectivity index (χ0) is 53.5. The van der Waals surface area contributed by atoms with E-state index in [4.69, 9.17) is 0 Å². The van der Waals surface area contributed by atoms with Gasteiger partial charge in [-0.2, -0.15) is 0 Å². The van der Waals surface area contributed by atoms with E-state index in [0.29, 0.717) is 5.92 Å². The van der Waals surface area contributed by atoms with Crippen molar-refractivity contribution in [1.29, 1.82) is 0 Å². The fraction of sp³-hybridized carbons (Fsp3) is 0.0789. The summed E-state index contributed by atoms with van der Waals surface area (Å²) < 4.78 is 4.80. The minimum Gasteiger partial charge on any atom is -0.310 e. The van der Waals surface area contributed by atoms with Crippen LogP contribution in [0.15, 0.2) is 285 Å². The molecular formula is C76H58N4. The topological polar surface area (TPSA) is 16.3 Å². The van der Waals surface area contributed by atoms with Crippen LogP contribution in [0.1, 0.15) is 43.4 Å². The Morgan fingerprint density at radius 1 is 0.362 bits per heavy atom. The van der Waals surface area contributed by atoms with Gasteiger partial charge in [0.1, 0.15) is 0 Å². The summed E-state index contributed by atoms with van der Waals surface area (Å²) in [6.07, 6.45) is 7.18. The van der Waals surface area contributed by atoms with Crippen molar-refractivity contribution in [2.45, 2.75) is 32.1 Å². The van der Waals surface area contributed by atoms with Gasteiger partial charge in [-0.25, -0.2) is 0 Å². The van der Waals surface area contributed by atoms with E-state index < -0.39 is 0 Å². The summed E-state index contributed by atoms with van der Waals surface area (Å²) in [7, 11) is 0. The number of hydrogen-bond acceptors (Lipinski definition) is 2. The van der Waals surface area contributed by atoms with Crippen molar-refractivity contribution in [3.63, 3.8) is 0 Å². The van der Waals surface area contributed by atoms with Crippen LogP contribution < -0.4 is 9.80 Å². The second-order valence-corrected chi connectivity index (χ2v) is 22.2. The zero-order valence-electron chi connectivity index (χ0n) is 45.1. The van der Waals surface area contributed by atoms with E-state index in [1.54, 1.807) is 0 Å². The van der Waals surface area contributed by atoms with Crippen LogP contribution in [0.2, 0.25) is 0 Å². The lowest BCUT2D eigenvalue weighted by atomic mass is 9.82. The number of aromatic nitrogens is 2. The minimum absolute atomic E-state index is 0.259. The number of hydrogen-bond donors (Lipinski definition) is 0. The number of allylic oxidation sites excluding steroid dienone is 4. The van der Waals surface area contributed by atoms with Crippen molar-refractivity contribution in [3.05, 3.63) is 302 Å². The van der Waals surface area contributed by atoms with Gasteiger partial charge in [-0.15, -0.1) is 0 Å². The van der Waals surface area contributed by atoms with Gasteiger partial charge in [-0.3, -0.25) is 0 Å². The summed E-state index contributed by atoms with van der Waals surface area (Å²) in [5, 5.41) is 5.12. The smallest absolute Gasteiger partial charge is 0.0541 e. The van der Waals surface area contributed by atoms with Gasteiger partial charge >= 0.3 is 0 Å². The molecule has 4 nitrogen and oxygen atoms in total. The molecule has 2 aromatic heterocycles. The van der Waals surface area contributed by atoms with Crippen molar-refractivity contribution in [3.8, 4) is 27.9 Å². The molecule has 15 rings (SSSR count). The molecule has 382 valence electrons. The fourth-order valence-corrected chi connectivity index (χ4v) is 13.3. The Balaban J connectivity index is 0.718. The molecule has 4 heteroatoms. The fourth-order valence-electron chi connectivity index (χ4n) is 13.3. The molecular weight excluding hydrogens is 969 g/mol. The molecule has 13 aromatic rings. The van der Waals surface area contributed by atoms with Crippen molar-refractivity contribution in [2.24, 2.45) is 5.92 Å². The third kappa shape index (κ3) is 7.73. The molecule has 0 spiro atoms. The molecule has 0 N–H and O–H groups in total. The van der Waals surface area contributed by atoms with Crippen molar-refractivity contribution >= 4 is 83.4 Å². The first kappa shape index (κ1) is 47.3. The van der Waals surface area contributed by atoms with Gasteiger partial charge in [0.25, 0.3) is 0 Å². The van der Waals surface area contributed by atoms with Crippen LogP contribution >= 0.6 is 0 Å². The highest BCUT2D eigenvalue weighted by molar-refractivity contribution is 6.11. The van der Waals surface area contributed by atoms with Crippen LogP contribution in [0.25, 0.3) is 77.2 Å². The third-order valence-electron chi connectivity index (χ3n) is 17.2. The summed E-state index contributed by atoms with van der Waals surface area (Å²) in [5.74, 6) is 0.566. The van der Waals surface area contributed by atoms with Crippen LogP contribution in [0.5, 0.6) is 0 Å². The number of para-hydroxylation sites is 6. The molecule has 0 bridgehead atoms. The maximum Gasteiger partial charge on any atom is 0.0541 e. The Morgan fingerprint density at radius 2 is 0.738 bits per heavy atom. The van der Waals surface area contributed by atoms with Crippen molar-refractivity contribution < 1.29 is 0 Å². The molecule has 11 aromatic carbocycles. The van der Waals surface area contributed by atoms with Gasteiger partial charge in [-0.1, -0.05) is 191 Å². The molecule has 2 atom stereocenters. The summed E-state index contributed by atoms with van der Waals surface area (Å²) >= 11 is 0. The number of fused-ring (bicyclic) bond motifs is 9. The van der Waals surface area contributed by atoms with E-state index in [9.17, 15) is 0 Å². The van der Waals surface area contributed by atoms with Crippen LogP contribution in [-0.4, -0.2) is 9.13 Å². The van der Waals surface area contributed by atoms with Crippen LogP contribution in [-0.2, 0) is 5.41 Å². The molecule has 0 fully saturated rings. The van der Waals surface area contributed by atoms with Gasteiger partial charge in [0.2, 0.25) is 0 Å². The van der Waals surface area contributed by atoms with E-state index in [0.717, 1.165) is 39.8 Å². The molecule has 0 amide bonds. The van der Waals surface area contributed by atoms with Crippen LogP contribution in [0, 0.1) is 5.92 Å². The highest BCUT2D eigenvalue weighted by Crippen LogP contribution is 2.53. The minimum atomic E-state index is -0.268. The molecule has 80 heavy (non-hydrogen) atoms. The van der Waals surface area contributed by atoms with Gasteiger partial charge < -0.3 is 18.9 Å². The summed E-state index contributed by atoms with van der Waals surface area (Å²) in [6, 6.07) is 98.0. The lowest BCUT2D eigenvalue weighted by Crippen LogP contribution is -2.17. The Labute approximate surface area is 467 Å². The molecule has 0 radical (unpaired) electrons. The second kappa shape index (κ2) is 18.9. The highest BCUT2D eigenvalue weighted by Gasteiger charge is 2.37. The average Bonchev–Trinajstić information content (AvgIpc) is 4.19. The first-order valence-electron chi connectivity index (χ1n) is 28.0. The average molecular weight is 1030 g/mol. The van der Waals surface area contributed by atoms with E-state index in [2.05, 4.69) is 325 Å². The molecule has 2 heterocycles. The van der Waals surface area contributed by atoms with Crippen molar-refractivity contribution in [2.75, 3.05) is 9.80 Å². The number of anilines is 6. The maximum absolute atomic E-state index is 2.45. The first-order chi connectivity index (χ1) is 39.4. The normalized spacial score (nSPS) is 15.3. The lowest BCUT2D eigenvalue weighted by Gasteiger charge is -2.29. The lowest BCUT2D eigenvalue weighted by molar-refractivity contribution is 0.635. The van der Waals surface area contributed by atoms with E-state index >= 15 is 0 Å². The van der Waals surface area contributed by atoms with Gasteiger partial charge in [0, 0.05) is 78.4 Å². The summed E-state index contributed by atoms with van der Waals surface area (Å²) in [5.41, 5.74) is 22.7. The monoisotopic (exact) mass is 1030 g/mol. The predicted octanol–water partition coefficient (Wildman–Crippen LogP) is 20.6. The van der Waals surface area contributed by atoms with Gasteiger partial charge in [-0.05, 0) is 160 Å². The van der Waals surface area contributed by atoms with Gasteiger partial charge in [0.05, 0.1) is 22.1 Å². The van der Waals surface area contributed by atoms with Crippen LogP contribution in [0.4, 0.5) is 34.1 Å². The number of rotatable bonds is 10. The molecule has 2 aliphatic carbocycles. The van der Waals surface area contributed by atoms with E-state index in [-0.39, 0.29) is 11.3 Å². The Hall–Kier alpha value is -9.90. The maximum atomic E-state index is 2.45. The molecule has 0 saturated carbocycles. The van der Waals surface area contributed by atoms with Crippen molar-refractivity contribution in [1.82, 2.24) is 9.13 Å². The van der Waals surface area contributed by atoms with E-state index in [1.807, 2.05) is 0 Å². The predicted molar refractivity (Wildman–Crippen MR) is 338 cm³/mol. The van der Waals surface area contributed by atoms with Gasteiger partial charge in [0.15, 0.2) is 0 Å². The largest absolute Gasteiger partial charge is 0.310 e. The SMILES string of the molecule is CC1C=C(n2c3ccccc3c3ccccc32)C=CC1c1ccc(N(c2ccccc2)c2ccc3c(c2)C(C)(C)c2cc(N(c4ccccc4)c4ccc(-c5ccc(-n6c7ccccc7c7ccccc76)cc5)cc4)ccc2-3)cc1. The van der Waals surface area contributed by atoms with Crippen LogP contribution in [0.3, 0.4) is 0 Å². The standard InChI is InChI=1S/C76H58N4/c1-51-48-60(80-74-28-16-12-24-68(74)69-25-13-17-29-75(69)80)42-45-63(51)54-34-40-58(41-35-54)78(56-20-8-5-9-21-56)62-44-47-65-64-46-43-61(49-70(64)76(2,3)71(65)50-62)77(55-18-6-4-7-19-55)57-36-30-52(31-37-57)53-32-38-59(39-33-53)79-72-26-14-10-22-66(72)67-23-11-15-27-73(67)79/h4-51,63H,1-3H3. The first-order valence-corrected chi connectivity index (χ1v) is 28.0. The second-order valence-electron chi connectivity index (χ2n) is 22.2. The number of benzene rings is 11. The molecule has 0 saturated heterocycles. The third-order valence-corrected chi connectivity index (χ3v) is 17.2. The molecule has 2 aliphatic rings. The summed E-state index contributed by atoms with van der Waals surface area (Å²) in [6.45, 7) is 7.13. The highest BCUT2D eigenvalue weighted by atomic mass is 15.1. The molecule has 2 unspecified atom stereocenters. The Bertz CT molecular complexity index is 4450. The van der Waals surface area contributed by atoms with E-state index in [1.165, 1.54) is 88.3 Å². The summed E-state index contributed by atoms with van der Waals surface area (Å²) in [4.78, 5) is 4.81. The zero-order valence-corrected chi connectivity index (χ0v) is 45.1.